The molecule has 3 fully saturated rings. The first-order chi connectivity index (χ1) is 21.2. The number of ether oxygens (including phenoxy) is 3. The zero-order valence-corrected chi connectivity index (χ0v) is 25.9. The summed E-state index contributed by atoms with van der Waals surface area (Å²) in [6.07, 6.45) is 5.08. The van der Waals surface area contributed by atoms with Gasteiger partial charge in [-0.15, -0.1) is 0 Å². The fraction of sp³-hybridized carbons (Fsp3) is 0.469. The zero-order chi connectivity index (χ0) is 30.6. The van der Waals surface area contributed by atoms with Crippen molar-refractivity contribution >= 4 is 34.8 Å². The molecule has 0 aliphatic carbocycles. The predicted molar refractivity (Wildman–Crippen MR) is 165 cm³/mol. The number of nitrogens with zero attached hydrogens (tertiary/aromatic N) is 5. The first kappa shape index (κ1) is 29.1. The summed E-state index contributed by atoms with van der Waals surface area (Å²) in [5, 5.41) is 3.23. The van der Waals surface area contributed by atoms with Gasteiger partial charge in [0.2, 0.25) is 11.8 Å². The number of hydrogen-bond acceptors (Lipinski definition) is 9. The highest BCUT2D eigenvalue weighted by Crippen LogP contribution is 2.49. The van der Waals surface area contributed by atoms with E-state index in [1.165, 1.54) is 12.3 Å². The summed E-state index contributed by atoms with van der Waals surface area (Å²) in [6, 6.07) is 8.69. The van der Waals surface area contributed by atoms with Crippen LogP contribution >= 0.6 is 11.6 Å². The molecule has 4 aliphatic rings. The molecular weight excluding hydrogens is 587 g/mol. The van der Waals surface area contributed by atoms with Gasteiger partial charge in [-0.05, 0) is 57.5 Å². The number of benzene rings is 2. The number of fused-ring (bicyclic) bond motifs is 2. The van der Waals surface area contributed by atoms with Crippen molar-refractivity contribution in [3.63, 3.8) is 0 Å². The van der Waals surface area contributed by atoms with Gasteiger partial charge in [0.25, 0.3) is 5.91 Å². The SMILES string of the molecule is COc1cc(N2CC3(CCN(C)CC3)C2)c(F)cc1Nc1ncc(Cl)c(Oc2cccc3c2C(=O)N(C)C32CCOCC2)n1. The Morgan fingerprint density at radius 1 is 1.07 bits per heavy atom. The Hall–Kier alpha value is -3.67. The molecule has 0 radical (unpaired) electrons. The number of hydrogen-bond donors (Lipinski definition) is 1. The molecule has 232 valence electrons. The number of piperidine rings is 1. The van der Waals surface area contributed by atoms with E-state index in [4.69, 9.17) is 25.8 Å². The van der Waals surface area contributed by atoms with Gasteiger partial charge in [0, 0.05) is 50.9 Å². The molecule has 2 aromatic carbocycles. The van der Waals surface area contributed by atoms with Crippen molar-refractivity contribution in [2.24, 2.45) is 5.41 Å². The number of methoxy groups -OCH3 is 1. The molecule has 0 atom stereocenters. The molecule has 0 unspecified atom stereocenters. The molecule has 0 saturated carbocycles. The van der Waals surface area contributed by atoms with Crippen LogP contribution in [0.4, 0.5) is 21.7 Å². The number of anilines is 3. The van der Waals surface area contributed by atoms with E-state index in [1.54, 1.807) is 24.1 Å². The van der Waals surface area contributed by atoms with E-state index in [2.05, 4.69) is 32.1 Å². The fourth-order valence-electron chi connectivity index (χ4n) is 7.18. The highest BCUT2D eigenvalue weighted by molar-refractivity contribution is 6.31. The quantitative estimate of drug-likeness (QED) is 0.386. The maximum Gasteiger partial charge on any atom is 0.258 e. The van der Waals surface area contributed by atoms with E-state index >= 15 is 4.39 Å². The van der Waals surface area contributed by atoms with E-state index in [9.17, 15) is 4.79 Å². The van der Waals surface area contributed by atoms with Crippen LogP contribution in [0.5, 0.6) is 17.4 Å². The second-order valence-electron chi connectivity index (χ2n) is 12.4. The van der Waals surface area contributed by atoms with Crippen molar-refractivity contribution in [2.45, 2.75) is 31.2 Å². The lowest BCUT2D eigenvalue weighted by Crippen LogP contribution is -2.60. The monoisotopic (exact) mass is 622 g/mol. The highest BCUT2D eigenvalue weighted by Gasteiger charge is 2.50. The molecule has 1 aromatic heterocycles. The smallest absolute Gasteiger partial charge is 0.258 e. The zero-order valence-electron chi connectivity index (χ0n) is 25.2. The Kier molecular flexibility index (Phi) is 7.30. The summed E-state index contributed by atoms with van der Waals surface area (Å²) in [7, 11) is 5.52. The van der Waals surface area contributed by atoms with Crippen LogP contribution in [0.2, 0.25) is 5.02 Å². The molecule has 10 nitrogen and oxygen atoms in total. The van der Waals surface area contributed by atoms with E-state index in [0.717, 1.165) is 44.6 Å². The maximum atomic E-state index is 15.5. The summed E-state index contributed by atoms with van der Waals surface area (Å²) >= 11 is 6.46. The largest absolute Gasteiger partial charge is 0.494 e. The van der Waals surface area contributed by atoms with E-state index < -0.39 is 5.54 Å². The highest BCUT2D eigenvalue weighted by atomic mass is 35.5. The molecular formula is C32H36ClFN6O4. The van der Waals surface area contributed by atoms with Gasteiger partial charge < -0.3 is 34.2 Å². The van der Waals surface area contributed by atoms with Crippen molar-refractivity contribution in [1.82, 2.24) is 19.8 Å². The second kappa shape index (κ2) is 11.0. The van der Waals surface area contributed by atoms with Crippen LogP contribution in [0, 0.1) is 11.2 Å². The van der Waals surface area contributed by atoms with Gasteiger partial charge in [0.15, 0.2) is 0 Å². The van der Waals surface area contributed by atoms with Crippen molar-refractivity contribution < 1.29 is 23.4 Å². The van der Waals surface area contributed by atoms with Crippen molar-refractivity contribution in [2.75, 3.05) is 70.8 Å². The Morgan fingerprint density at radius 3 is 2.55 bits per heavy atom. The molecule has 12 heteroatoms. The molecule has 3 aromatic rings. The Balaban J connectivity index is 1.12. The summed E-state index contributed by atoms with van der Waals surface area (Å²) in [4.78, 5) is 28.4. The Labute approximate surface area is 261 Å². The van der Waals surface area contributed by atoms with Crippen LogP contribution in [0.25, 0.3) is 0 Å². The lowest BCUT2D eigenvalue weighted by molar-refractivity contribution is -0.00599. The number of carbonyl (C=O) groups is 1. The second-order valence-corrected chi connectivity index (χ2v) is 12.8. The van der Waals surface area contributed by atoms with Crippen LogP contribution in [0.3, 0.4) is 0 Å². The average Bonchev–Trinajstić information content (AvgIpc) is 3.21. The van der Waals surface area contributed by atoms with Gasteiger partial charge in [-0.1, -0.05) is 23.7 Å². The standard InChI is InChI=1S/C32H36ClFN6O4/c1-38-11-7-31(8-12-38)18-40(19-31)24-16-26(42-3)23(15-22(24)34)36-30-35-17-21(33)28(37-30)44-25-6-4-5-20-27(25)29(41)39(2)32(20)9-13-43-14-10-32/h4-6,15-17H,7-14,18-19H2,1-3H3,(H,35,36,37). The lowest BCUT2D eigenvalue weighted by atomic mass is 9.72. The summed E-state index contributed by atoms with van der Waals surface area (Å²) in [6.45, 7) is 4.99. The Bertz CT molecular complexity index is 1600. The number of nitrogens with one attached hydrogen (secondary N) is 1. The number of carbonyl (C=O) groups excluding carboxylic acids is 1. The average molecular weight is 623 g/mol. The Morgan fingerprint density at radius 2 is 1.82 bits per heavy atom. The number of rotatable bonds is 6. The number of halogens is 2. The molecule has 1 N–H and O–H groups in total. The van der Waals surface area contributed by atoms with Gasteiger partial charge in [-0.2, -0.15) is 4.98 Å². The summed E-state index contributed by atoms with van der Waals surface area (Å²) in [5.74, 6) is 0.556. The maximum absolute atomic E-state index is 15.5. The number of likely N-dealkylation sites (tertiary alicyclic amines) is 1. The van der Waals surface area contributed by atoms with Crippen LogP contribution in [0.1, 0.15) is 41.6 Å². The molecule has 1 amide bonds. The van der Waals surface area contributed by atoms with Crippen molar-refractivity contribution in [3.8, 4) is 17.4 Å². The minimum absolute atomic E-state index is 0.0704. The van der Waals surface area contributed by atoms with Crippen LogP contribution < -0.4 is 19.7 Å². The first-order valence-electron chi connectivity index (χ1n) is 15.0. The van der Waals surface area contributed by atoms with Crippen LogP contribution in [-0.2, 0) is 10.3 Å². The third-order valence-corrected chi connectivity index (χ3v) is 10.1. The van der Waals surface area contributed by atoms with Crippen LogP contribution in [-0.4, -0.2) is 86.3 Å². The molecule has 44 heavy (non-hydrogen) atoms. The molecule has 2 spiro atoms. The number of aromatic nitrogens is 2. The van der Waals surface area contributed by atoms with E-state index in [-0.39, 0.29) is 34.0 Å². The van der Waals surface area contributed by atoms with E-state index in [0.29, 0.717) is 54.5 Å². The summed E-state index contributed by atoms with van der Waals surface area (Å²) in [5.41, 5.74) is 2.14. The minimum atomic E-state index is -0.428. The minimum Gasteiger partial charge on any atom is -0.494 e. The van der Waals surface area contributed by atoms with Crippen molar-refractivity contribution in [1.29, 1.82) is 0 Å². The van der Waals surface area contributed by atoms with E-state index in [1.807, 2.05) is 19.2 Å². The predicted octanol–water partition coefficient (Wildman–Crippen LogP) is 5.44. The third-order valence-electron chi connectivity index (χ3n) is 9.88. The third kappa shape index (κ3) is 4.81. The lowest BCUT2D eigenvalue weighted by Gasteiger charge is -2.54. The van der Waals surface area contributed by atoms with Gasteiger partial charge >= 0.3 is 0 Å². The molecule has 0 bridgehead atoms. The van der Waals surface area contributed by atoms with Gasteiger partial charge in [-0.3, -0.25) is 4.79 Å². The normalized spacial score (nSPS) is 20.5. The fourth-order valence-corrected chi connectivity index (χ4v) is 7.31. The number of amides is 1. The van der Waals surface area contributed by atoms with Crippen molar-refractivity contribution in [3.05, 3.63) is 58.5 Å². The van der Waals surface area contributed by atoms with Gasteiger partial charge in [0.1, 0.15) is 22.3 Å². The molecule has 3 saturated heterocycles. The molecule has 4 aliphatic heterocycles. The van der Waals surface area contributed by atoms with Crippen LogP contribution in [0.15, 0.2) is 36.5 Å². The van der Waals surface area contributed by atoms with Gasteiger partial charge in [0.05, 0.1) is 35.8 Å². The topological polar surface area (TPSA) is 92.3 Å². The first-order valence-corrected chi connectivity index (χ1v) is 15.4. The summed E-state index contributed by atoms with van der Waals surface area (Å²) < 4.78 is 32.9. The molecule has 7 rings (SSSR count). The van der Waals surface area contributed by atoms with Gasteiger partial charge in [-0.25, -0.2) is 9.37 Å². The molecule has 5 heterocycles.